The van der Waals surface area contributed by atoms with Crippen LogP contribution in [0.2, 0.25) is 0 Å². The maximum absolute atomic E-state index is 11.3. The molecule has 0 amide bonds. The van der Waals surface area contributed by atoms with Crippen molar-refractivity contribution < 1.29 is 8.42 Å². The minimum Gasteiger partial charge on any atom is -0.201 e. The Labute approximate surface area is 94.8 Å². The van der Waals surface area contributed by atoms with E-state index in [4.69, 9.17) is 11.6 Å². The topological polar surface area (TPSA) is 58.2 Å². The fourth-order valence-corrected chi connectivity index (χ4v) is 2.03. The van der Waals surface area contributed by atoms with E-state index in [1.54, 1.807) is 0 Å². The summed E-state index contributed by atoms with van der Waals surface area (Å²) < 4.78 is 27.3. The molecule has 4 nitrogen and oxygen atoms in total. The first-order valence-corrected chi connectivity index (χ1v) is 6.50. The number of halogens is 1. The van der Waals surface area contributed by atoms with Gasteiger partial charge in [-0.05, 0) is 5.56 Å². The van der Waals surface area contributed by atoms with Crippen LogP contribution in [0.25, 0.3) is 0 Å². The van der Waals surface area contributed by atoms with Crippen LogP contribution in [-0.4, -0.2) is 20.8 Å². The summed E-state index contributed by atoms with van der Waals surface area (Å²) in [5, 5.41) is 0. The molecule has 0 unspecified atom stereocenters. The maximum atomic E-state index is 11.3. The molecule has 2 N–H and O–H groups in total. The van der Waals surface area contributed by atoms with Gasteiger partial charge >= 0.3 is 0 Å². The quantitative estimate of drug-likeness (QED) is 0.734. The van der Waals surface area contributed by atoms with E-state index in [1.165, 1.54) is 0 Å². The number of benzene rings is 1. The second-order valence-electron chi connectivity index (χ2n) is 2.89. The highest BCUT2D eigenvalue weighted by Gasteiger charge is 2.06. The summed E-state index contributed by atoms with van der Waals surface area (Å²) in [6.07, 6.45) is 0. The minimum atomic E-state index is -3.43. The second kappa shape index (κ2) is 6.07. The summed E-state index contributed by atoms with van der Waals surface area (Å²) >= 11 is 5.37. The third-order valence-electron chi connectivity index (χ3n) is 1.70. The van der Waals surface area contributed by atoms with E-state index in [1.807, 2.05) is 30.3 Å². The Balaban J connectivity index is 2.43. The molecule has 0 fully saturated rings. The average molecular weight is 249 g/mol. The van der Waals surface area contributed by atoms with Gasteiger partial charge in [-0.1, -0.05) is 30.3 Å². The summed E-state index contributed by atoms with van der Waals surface area (Å²) in [5.74, 6) is 0.256. The Kier molecular flexibility index (Phi) is 5.04. The molecule has 0 aliphatic heterocycles. The van der Waals surface area contributed by atoms with Crippen LogP contribution >= 0.6 is 11.6 Å². The van der Waals surface area contributed by atoms with Crippen molar-refractivity contribution in [2.24, 2.45) is 0 Å². The molecule has 1 rings (SSSR count). The molecule has 0 heterocycles. The molecule has 0 aromatic heterocycles. The lowest BCUT2D eigenvalue weighted by molar-refractivity contribution is 0.568. The van der Waals surface area contributed by atoms with Crippen molar-refractivity contribution in [3.63, 3.8) is 0 Å². The molecule has 1 aromatic rings. The lowest BCUT2D eigenvalue weighted by Crippen LogP contribution is -2.37. The predicted molar refractivity (Wildman–Crippen MR) is 60.9 cm³/mol. The first-order valence-electron chi connectivity index (χ1n) is 4.48. The fourth-order valence-electron chi connectivity index (χ4n) is 0.998. The smallest absolute Gasteiger partial charge is 0.201 e. The molecule has 84 valence electrons. The van der Waals surface area contributed by atoms with Crippen molar-refractivity contribution in [2.75, 3.05) is 12.4 Å². The van der Waals surface area contributed by atoms with Crippen molar-refractivity contribution in [2.45, 2.75) is 6.54 Å². The monoisotopic (exact) mass is 248 g/mol. The van der Waals surface area contributed by atoms with Gasteiger partial charge in [0.2, 0.25) is 0 Å². The Morgan fingerprint density at radius 1 is 1.13 bits per heavy atom. The van der Waals surface area contributed by atoms with Gasteiger partial charge in [0.25, 0.3) is 10.2 Å². The summed E-state index contributed by atoms with van der Waals surface area (Å²) in [6, 6.07) is 9.30. The number of alkyl halides is 1. The van der Waals surface area contributed by atoms with Gasteiger partial charge in [0.1, 0.15) is 0 Å². The zero-order valence-electron chi connectivity index (χ0n) is 8.11. The van der Waals surface area contributed by atoms with Crippen LogP contribution in [0.1, 0.15) is 5.56 Å². The number of nitrogens with one attached hydrogen (secondary N) is 2. The van der Waals surface area contributed by atoms with E-state index in [0.717, 1.165) is 5.56 Å². The van der Waals surface area contributed by atoms with Crippen LogP contribution in [-0.2, 0) is 16.8 Å². The average Bonchev–Trinajstić information content (AvgIpc) is 2.25. The van der Waals surface area contributed by atoms with Gasteiger partial charge in [-0.3, -0.25) is 0 Å². The van der Waals surface area contributed by atoms with Gasteiger partial charge in [-0.2, -0.15) is 13.1 Å². The van der Waals surface area contributed by atoms with Crippen LogP contribution in [0.4, 0.5) is 0 Å². The number of hydrogen-bond donors (Lipinski definition) is 2. The standard InChI is InChI=1S/C9H13ClN2O2S/c10-6-7-11-15(13,14)12-8-9-4-2-1-3-5-9/h1-5,11-12H,6-8H2. The van der Waals surface area contributed by atoms with Gasteiger partial charge in [0.05, 0.1) is 0 Å². The van der Waals surface area contributed by atoms with Crippen LogP contribution in [0, 0.1) is 0 Å². The van der Waals surface area contributed by atoms with Crippen LogP contribution in [0.5, 0.6) is 0 Å². The van der Waals surface area contributed by atoms with Gasteiger partial charge in [-0.15, -0.1) is 11.6 Å². The van der Waals surface area contributed by atoms with E-state index in [9.17, 15) is 8.42 Å². The van der Waals surface area contributed by atoms with Crippen molar-refractivity contribution in [1.29, 1.82) is 0 Å². The van der Waals surface area contributed by atoms with E-state index in [-0.39, 0.29) is 19.0 Å². The molecular formula is C9H13ClN2O2S. The Morgan fingerprint density at radius 2 is 1.80 bits per heavy atom. The van der Waals surface area contributed by atoms with Gasteiger partial charge < -0.3 is 0 Å². The lowest BCUT2D eigenvalue weighted by atomic mass is 10.2. The van der Waals surface area contributed by atoms with Crippen molar-refractivity contribution >= 4 is 21.8 Å². The highest BCUT2D eigenvalue weighted by Crippen LogP contribution is 1.97. The molecule has 0 spiro atoms. The molecule has 0 radical (unpaired) electrons. The molecule has 6 heteroatoms. The Hall–Kier alpha value is -0.620. The molecule has 0 saturated heterocycles. The van der Waals surface area contributed by atoms with Gasteiger partial charge in [-0.25, -0.2) is 4.72 Å². The van der Waals surface area contributed by atoms with E-state index >= 15 is 0 Å². The molecule has 15 heavy (non-hydrogen) atoms. The molecule has 0 aliphatic carbocycles. The normalized spacial score (nSPS) is 11.5. The first-order chi connectivity index (χ1) is 7.14. The van der Waals surface area contributed by atoms with Gasteiger partial charge in [0.15, 0.2) is 0 Å². The van der Waals surface area contributed by atoms with E-state index in [0.29, 0.717) is 0 Å². The van der Waals surface area contributed by atoms with Crippen LogP contribution < -0.4 is 9.44 Å². The SMILES string of the molecule is O=S(=O)(NCCCl)NCc1ccccc1. The maximum Gasteiger partial charge on any atom is 0.277 e. The van der Waals surface area contributed by atoms with Crippen molar-refractivity contribution in [1.82, 2.24) is 9.44 Å². The third-order valence-corrected chi connectivity index (χ3v) is 2.99. The van der Waals surface area contributed by atoms with Crippen LogP contribution in [0.15, 0.2) is 30.3 Å². The zero-order chi connectivity index (χ0) is 11.1. The summed E-state index contributed by atoms with van der Waals surface area (Å²) in [6.45, 7) is 0.504. The van der Waals surface area contributed by atoms with Crippen molar-refractivity contribution in [3.8, 4) is 0 Å². The Morgan fingerprint density at radius 3 is 2.40 bits per heavy atom. The van der Waals surface area contributed by atoms with Crippen LogP contribution in [0.3, 0.4) is 0 Å². The molecule has 1 aromatic carbocycles. The summed E-state index contributed by atoms with van der Waals surface area (Å²) in [5.41, 5.74) is 0.911. The molecule has 0 bridgehead atoms. The third kappa shape index (κ3) is 5.13. The highest BCUT2D eigenvalue weighted by atomic mass is 35.5. The van der Waals surface area contributed by atoms with E-state index < -0.39 is 10.2 Å². The molecule has 0 aliphatic rings. The largest absolute Gasteiger partial charge is 0.277 e. The summed E-state index contributed by atoms with van der Waals surface area (Å²) in [4.78, 5) is 0. The van der Waals surface area contributed by atoms with Gasteiger partial charge in [0, 0.05) is 19.0 Å². The lowest BCUT2D eigenvalue weighted by Gasteiger charge is -2.06. The van der Waals surface area contributed by atoms with Crippen molar-refractivity contribution in [3.05, 3.63) is 35.9 Å². The van der Waals surface area contributed by atoms with E-state index in [2.05, 4.69) is 9.44 Å². The highest BCUT2D eigenvalue weighted by molar-refractivity contribution is 7.87. The first kappa shape index (κ1) is 12.4. The number of rotatable bonds is 6. The molecular weight excluding hydrogens is 236 g/mol. The number of hydrogen-bond acceptors (Lipinski definition) is 2. The Bertz CT molecular complexity index is 380. The second-order valence-corrected chi connectivity index (χ2v) is 4.86. The minimum absolute atomic E-state index is 0.228. The summed E-state index contributed by atoms with van der Waals surface area (Å²) in [7, 11) is -3.43. The molecule has 0 saturated carbocycles. The zero-order valence-corrected chi connectivity index (χ0v) is 9.68. The molecule has 0 atom stereocenters. The fraction of sp³-hybridized carbons (Fsp3) is 0.333. The predicted octanol–water partition coefficient (Wildman–Crippen LogP) is 0.849.